The molecule has 96 valence electrons. The van der Waals surface area contributed by atoms with E-state index in [1.165, 1.54) is 4.88 Å². The van der Waals surface area contributed by atoms with Gasteiger partial charge < -0.3 is 10.6 Å². The average Bonchev–Trinajstić information content (AvgIpc) is 2.76. The molecule has 2 aromatic rings. The first kappa shape index (κ1) is 13.2. The van der Waals surface area contributed by atoms with Crippen molar-refractivity contribution in [1.29, 1.82) is 0 Å². The van der Waals surface area contributed by atoms with Gasteiger partial charge in [-0.15, -0.1) is 11.3 Å². The normalized spacial score (nSPS) is 10.4. The summed E-state index contributed by atoms with van der Waals surface area (Å²) in [6, 6.07) is 0. The third-order valence-corrected chi connectivity index (χ3v) is 4.08. The molecule has 0 aliphatic rings. The molecule has 0 bridgehead atoms. The number of nitrogens with zero attached hydrogens (tertiary/aromatic N) is 3. The molecular weight excluding hydrogens is 314 g/mol. The van der Waals surface area contributed by atoms with Crippen molar-refractivity contribution in [2.75, 3.05) is 17.2 Å². The predicted molar refractivity (Wildman–Crippen MR) is 78.1 cm³/mol. The summed E-state index contributed by atoms with van der Waals surface area (Å²) in [5.41, 5.74) is 2.91. The molecule has 2 rings (SSSR count). The number of thiazole rings is 1. The van der Waals surface area contributed by atoms with Crippen molar-refractivity contribution in [3.63, 3.8) is 0 Å². The molecule has 0 aliphatic carbocycles. The van der Waals surface area contributed by atoms with Gasteiger partial charge in [-0.05, 0) is 29.8 Å². The molecule has 0 amide bonds. The van der Waals surface area contributed by atoms with E-state index in [9.17, 15) is 0 Å². The molecule has 18 heavy (non-hydrogen) atoms. The van der Waals surface area contributed by atoms with Gasteiger partial charge in [0, 0.05) is 11.4 Å². The van der Waals surface area contributed by atoms with Crippen LogP contribution in [0.2, 0.25) is 0 Å². The van der Waals surface area contributed by atoms with E-state index in [0.29, 0.717) is 0 Å². The maximum Gasteiger partial charge on any atom is 0.146 e. The second kappa shape index (κ2) is 6.10. The van der Waals surface area contributed by atoms with Crippen molar-refractivity contribution >= 4 is 38.9 Å². The Balaban J connectivity index is 2.10. The Labute approximate surface area is 118 Å². The Morgan fingerprint density at radius 1 is 1.22 bits per heavy atom. The highest BCUT2D eigenvalue weighted by molar-refractivity contribution is 9.10. The molecule has 5 nitrogen and oxygen atoms in total. The second-order valence-corrected chi connectivity index (χ2v) is 5.36. The van der Waals surface area contributed by atoms with E-state index in [4.69, 9.17) is 0 Å². The lowest BCUT2D eigenvalue weighted by Gasteiger charge is -2.10. The van der Waals surface area contributed by atoms with Crippen LogP contribution in [0.15, 0.2) is 16.3 Å². The monoisotopic (exact) mass is 327 g/mol. The zero-order valence-corrected chi connectivity index (χ0v) is 12.6. The summed E-state index contributed by atoms with van der Waals surface area (Å²) in [5.74, 6) is 1.59. The van der Waals surface area contributed by atoms with Gasteiger partial charge in [0.15, 0.2) is 0 Å². The lowest BCUT2D eigenvalue weighted by molar-refractivity contribution is 1.05. The van der Waals surface area contributed by atoms with Crippen LogP contribution in [0.4, 0.5) is 11.6 Å². The van der Waals surface area contributed by atoms with Gasteiger partial charge in [0.1, 0.15) is 22.4 Å². The van der Waals surface area contributed by atoms with Crippen LogP contribution < -0.4 is 10.6 Å². The van der Waals surface area contributed by atoms with E-state index in [1.54, 1.807) is 17.7 Å². The van der Waals surface area contributed by atoms with Gasteiger partial charge in [-0.3, -0.25) is 0 Å². The SMILES string of the molecule is CCNc1ncnc(NCc2scnc2C)c1Br. The zero-order valence-electron chi connectivity index (χ0n) is 10.2. The summed E-state index contributed by atoms with van der Waals surface area (Å²) in [5, 5.41) is 6.46. The summed E-state index contributed by atoms with van der Waals surface area (Å²) in [4.78, 5) is 13.8. The van der Waals surface area contributed by atoms with Gasteiger partial charge in [-0.25, -0.2) is 15.0 Å². The minimum Gasteiger partial charge on any atom is -0.369 e. The predicted octanol–water partition coefficient (Wildman–Crippen LogP) is 3.05. The van der Waals surface area contributed by atoms with Gasteiger partial charge >= 0.3 is 0 Å². The number of hydrogen-bond acceptors (Lipinski definition) is 6. The molecule has 0 atom stereocenters. The topological polar surface area (TPSA) is 62.7 Å². The molecule has 0 radical (unpaired) electrons. The highest BCUT2D eigenvalue weighted by Crippen LogP contribution is 2.27. The fraction of sp³-hybridized carbons (Fsp3) is 0.364. The van der Waals surface area contributed by atoms with Gasteiger partial charge in [-0.2, -0.15) is 0 Å². The van der Waals surface area contributed by atoms with Gasteiger partial charge in [0.05, 0.1) is 17.7 Å². The van der Waals surface area contributed by atoms with E-state index in [2.05, 4.69) is 41.5 Å². The minimum atomic E-state index is 0.720. The fourth-order valence-electron chi connectivity index (χ4n) is 1.44. The minimum absolute atomic E-state index is 0.720. The molecule has 0 saturated carbocycles. The lowest BCUT2D eigenvalue weighted by Crippen LogP contribution is -2.06. The third-order valence-electron chi connectivity index (χ3n) is 2.39. The number of aryl methyl sites for hydroxylation is 1. The molecule has 0 saturated heterocycles. The maximum absolute atomic E-state index is 4.23. The molecule has 2 aromatic heterocycles. The van der Waals surface area contributed by atoms with E-state index in [-0.39, 0.29) is 0 Å². The fourth-order valence-corrected chi connectivity index (χ4v) is 2.65. The van der Waals surface area contributed by atoms with Crippen LogP contribution in [0.1, 0.15) is 17.5 Å². The van der Waals surface area contributed by atoms with Crippen LogP contribution in [0.5, 0.6) is 0 Å². The molecule has 2 N–H and O–H groups in total. The quantitative estimate of drug-likeness (QED) is 0.883. The van der Waals surface area contributed by atoms with Crippen molar-refractivity contribution in [3.8, 4) is 0 Å². The van der Waals surface area contributed by atoms with Crippen LogP contribution in [-0.2, 0) is 6.54 Å². The highest BCUT2D eigenvalue weighted by Gasteiger charge is 2.08. The first-order valence-corrected chi connectivity index (χ1v) is 7.26. The molecule has 7 heteroatoms. The number of aromatic nitrogens is 3. The van der Waals surface area contributed by atoms with Gasteiger partial charge in [-0.1, -0.05) is 0 Å². The second-order valence-electron chi connectivity index (χ2n) is 3.63. The molecule has 0 unspecified atom stereocenters. The Bertz CT molecular complexity index is 528. The zero-order chi connectivity index (χ0) is 13.0. The summed E-state index contributed by atoms with van der Waals surface area (Å²) < 4.78 is 0.856. The third kappa shape index (κ3) is 2.97. The van der Waals surface area contributed by atoms with Crippen LogP contribution in [-0.4, -0.2) is 21.5 Å². The summed E-state index contributed by atoms with van der Waals surface area (Å²) >= 11 is 5.14. The smallest absolute Gasteiger partial charge is 0.146 e. The lowest BCUT2D eigenvalue weighted by atomic mass is 10.4. The van der Waals surface area contributed by atoms with Crippen molar-refractivity contribution in [1.82, 2.24) is 15.0 Å². The van der Waals surface area contributed by atoms with Crippen LogP contribution in [0.3, 0.4) is 0 Å². The maximum atomic E-state index is 4.23. The van der Waals surface area contributed by atoms with Crippen molar-refractivity contribution < 1.29 is 0 Å². The Morgan fingerprint density at radius 2 is 1.94 bits per heavy atom. The number of hydrogen-bond donors (Lipinski definition) is 2. The van der Waals surface area contributed by atoms with Crippen molar-refractivity contribution in [3.05, 3.63) is 26.9 Å². The number of halogens is 1. The molecule has 2 heterocycles. The summed E-state index contributed by atoms with van der Waals surface area (Å²) in [6.45, 7) is 5.58. The molecule has 0 spiro atoms. The van der Waals surface area contributed by atoms with E-state index in [1.807, 2.05) is 19.4 Å². The van der Waals surface area contributed by atoms with Crippen molar-refractivity contribution in [2.45, 2.75) is 20.4 Å². The summed E-state index contributed by atoms with van der Waals surface area (Å²) in [7, 11) is 0. The molecule has 0 fully saturated rings. The Morgan fingerprint density at radius 3 is 2.56 bits per heavy atom. The summed E-state index contributed by atoms with van der Waals surface area (Å²) in [6.07, 6.45) is 1.55. The van der Waals surface area contributed by atoms with Gasteiger partial charge in [0.25, 0.3) is 0 Å². The standard InChI is InChI=1S/C11H14BrN5S/c1-3-13-10-9(12)11(16-5-15-10)14-4-8-7(2)17-6-18-8/h5-6H,3-4H2,1-2H3,(H2,13,14,15,16). The van der Waals surface area contributed by atoms with Crippen LogP contribution in [0, 0.1) is 6.92 Å². The molecule has 0 aliphatic heterocycles. The Hall–Kier alpha value is -1.21. The molecular formula is C11H14BrN5S. The number of anilines is 2. The van der Waals surface area contributed by atoms with E-state index < -0.39 is 0 Å². The van der Waals surface area contributed by atoms with E-state index in [0.717, 1.165) is 34.9 Å². The van der Waals surface area contributed by atoms with E-state index >= 15 is 0 Å². The number of rotatable bonds is 5. The first-order valence-electron chi connectivity index (χ1n) is 5.59. The molecule has 0 aromatic carbocycles. The Kier molecular flexibility index (Phi) is 4.48. The highest BCUT2D eigenvalue weighted by atomic mass is 79.9. The van der Waals surface area contributed by atoms with Gasteiger partial charge in [0.2, 0.25) is 0 Å². The number of nitrogens with one attached hydrogen (secondary N) is 2. The first-order chi connectivity index (χ1) is 8.72. The van der Waals surface area contributed by atoms with Crippen LogP contribution in [0.25, 0.3) is 0 Å². The largest absolute Gasteiger partial charge is 0.369 e. The average molecular weight is 328 g/mol. The van der Waals surface area contributed by atoms with Crippen molar-refractivity contribution in [2.24, 2.45) is 0 Å². The van der Waals surface area contributed by atoms with Crippen LogP contribution >= 0.6 is 27.3 Å².